The van der Waals surface area contributed by atoms with Gasteiger partial charge in [-0.05, 0) is 57.0 Å². The van der Waals surface area contributed by atoms with Crippen LogP contribution in [0.4, 0.5) is 5.69 Å². The molecule has 0 aromatic heterocycles. The molecule has 0 aliphatic carbocycles. The first-order valence-electron chi connectivity index (χ1n) is 7.82. The molecule has 20 heavy (non-hydrogen) atoms. The van der Waals surface area contributed by atoms with Crippen molar-refractivity contribution in [2.24, 2.45) is 0 Å². The van der Waals surface area contributed by atoms with Gasteiger partial charge in [-0.25, -0.2) is 0 Å². The largest absolute Gasteiger partial charge is 0.388 e. The molecule has 1 atom stereocenters. The number of anilines is 1. The number of aryl methyl sites for hydroxylation is 1. The highest BCUT2D eigenvalue weighted by atomic mass is 16.3. The van der Waals surface area contributed by atoms with Crippen molar-refractivity contribution in [2.75, 3.05) is 38.6 Å². The van der Waals surface area contributed by atoms with E-state index in [0.717, 1.165) is 31.5 Å². The SMILES string of the molecule is CCCN1CCCc2cc(C(O)CCN(C)C)ccc21. The molecule has 3 nitrogen and oxygen atoms in total. The van der Waals surface area contributed by atoms with Crippen LogP contribution in [0.5, 0.6) is 0 Å². The summed E-state index contributed by atoms with van der Waals surface area (Å²) in [7, 11) is 4.09. The lowest BCUT2D eigenvalue weighted by atomic mass is 9.96. The third-order valence-electron chi connectivity index (χ3n) is 4.05. The number of rotatable bonds is 6. The molecule has 1 N–H and O–H groups in total. The van der Waals surface area contributed by atoms with Gasteiger partial charge in [-0.2, -0.15) is 0 Å². The average molecular weight is 276 g/mol. The average Bonchev–Trinajstić information content (AvgIpc) is 2.44. The molecule has 3 heteroatoms. The Labute approximate surface area is 123 Å². The zero-order valence-electron chi connectivity index (χ0n) is 13.1. The smallest absolute Gasteiger partial charge is 0.0802 e. The highest BCUT2D eigenvalue weighted by Gasteiger charge is 2.18. The second-order valence-corrected chi connectivity index (χ2v) is 6.09. The molecule has 0 saturated heterocycles. The van der Waals surface area contributed by atoms with Crippen LogP contribution >= 0.6 is 0 Å². The Morgan fingerprint density at radius 2 is 2.15 bits per heavy atom. The lowest BCUT2D eigenvalue weighted by molar-refractivity contribution is 0.154. The lowest BCUT2D eigenvalue weighted by Crippen LogP contribution is -2.30. The minimum atomic E-state index is -0.343. The predicted octanol–water partition coefficient (Wildman–Crippen LogP) is 2.83. The van der Waals surface area contributed by atoms with E-state index >= 15 is 0 Å². The Balaban J connectivity index is 2.10. The molecule has 1 aliphatic rings. The van der Waals surface area contributed by atoms with Crippen LogP contribution in [0, 0.1) is 0 Å². The van der Waals surface area contributed by atoms with Gasteiger partial charge in [0.25, 0.3) is 0 Å². The van der Waals surface area contributed by atoms with Crippen LogP contribution in [0.3, 0.4) is 0 Å². The number of benzene rings is 1. The summed E-state index contributed by atoms with van der Waals surface area (Å²) in [5, 5.41) is 10.3. The topological polar surface area (TPSA) is 26.7 Å². The van der Waals surface area contributed by atoms with Gasteiger partial charge >= 0.3 is 0 Å². The normalized spacial score (nSPS) is 16.4. The highest BCUT2D eigenvalue weighted by molar-refractivity contribution is 5.57. The summed E-state index contributed by atoms with van der Waals surface area (Å²) in [5.74, 6) is 0. The monoisotopic (exact) mass is 276 g/mol. The Hall–Kier alpha value is -1.06. The van der Waals surface area contributed by atoms with Gasteiger partial charge in [0.2, 0.25) is 0 Å². The fourth-order valence-electron chi connectivity index (χ4n) is 2.95. The summed E-state index contributed by atoms with van der Waals surface area (Å²) in [5.41, 5.74) is 3.86. The summed E-state index contributed by atoms with van der Waals surface area (Å²) in [4.78, 5) is 4.60. The Bertz CT molecular complexity index is 431. The number of nitrogens with zero attached hydrogens (tertiary/aromatic N) is 2. The maximum atomic E-state index is 10.3. The Morgan fingerprint density at radius 3 is 2.85 bits per heavy atom. The first-order chi connectivity index (χ1) is 9.61. The van der Waals surface area contributed by atoms with E-state index in [4.69, 9.17) is 0 Å². The zero-order valence-corrected chi connectivity index (χ0v) is 13.1. The fourth-order valence-corrected chi connectivity index (χ4v) is 2.95. The van der Waals surface area contributed by atoms with Crippen LogP contribution < -0.4 is 4.90 Å². The van der Waals surface area contributed by atoms with Gasteiger partial charge in [-0.1, -0.05) is 19.1 Å². The molecule has 2 rings (SSSR count). The summed E-state index contributed by atoms with van der Waals surface area (Å²) in [6.45, 7) is 5.45. The molecule has 1 aliphatic heterocycles. The lowest BCUT2D eigenvalue weighted by Gasteiger charge is -2.31. The quantitative estimate of drug-likeness (QED) is 0.865. The molecule has 1 aromatic rings. The van der Waals surface area contributed by atoms with Gasteiger partial charge in [-0.3, -0.25) is 0 Å². The van der Waals surface area contributed by atoms with E-state index in [0.29, 0.717) is 0 Å². The molecular formula is C17H28N2O. The molecule has 1 heterocycles. The number of hydrogen-bond donors (Lipinski definition) is 1. The Morgan fingerprint density at radius 1 is 1.35 bits per heavy atom. The molecule has 0 amide bonds. The summed E-state index contributed by atoms with van der Waals surface area (Å²) < 4.78 is 0. The van der Waals surface area contributed by atoms with E-state index in [2.05, 4.69) is 34.9 Å². The van der Waals surface area contributed by atoms with E-state index in [9.17, 15) is 5.11 Å². The van der Waals surface area contributed by atoms with E-state index < -0.39 is 0 Å². The van der Waals surface area contributed by atoms with Crippen molar-refractivity contribution in [3.05, 3.63) is 29.3 Å². The van der Waals surface area contributed by atoms with Crippen molar-refractivity contribution in [1.29, 1.82) is 0 Å². The van der Waals surface area contributed by atoms with Crippen molar-refractivity contribution in [1.82, 2.24) is 4.90 Å². The molecule has 0 radical (unpaired) electrons. The second-order valence-electron chi connectivity index (χ2n) is 6.09. The molecule has 1 unspecified atom stereocenters. The minimum Gasteiger partial charge on any atom is -0.388 e. The minimum absolute atomic E-state index is 0.343. The van der Waals surface area contributed by atoms with Crippen LogP contribution in [0.25, 0.3) is 0 Å². The molecular weight excluding hydrogens is 248 g/mol. The number of fused-ring (bicyclic) bond motifs is 1. The van der Waals surface area contributed by atoms with E-state index in [1.165, 1.54) is 30.6 Å². The molecule has 0 bridgehead atoms. The number of aliphatic hydroxyl groups is 1. The van der Waals surface area contributed by atoms with Gasteiger partial charge in [0.1, 0.15) is 0 Å². The van der Waals surface area contributed by atoms with Gasteiger partial charge < -0.3 is 14.9 Å². The van der Waals surface area contributed by atoms with Crippen LogP contribution in [-0.2, 0) is 6.42 Å². The first kappa shape index (κ1) is 15.3. The van der Waals surface area contributed by atoms with Crippen LogP contribution in [0.2, 0.25) is 0 Å². The van der Waals surface area contributed by atoms with Gasteiger partial charge in [0, 0.05) is 25.3 Å². The molecule has 0 fully saturated rings. The predicted molar refractivity (Wildman–Crippen MR) is 85.4 cm³/mol. The van der Waals surface area contributed by atoms with Gasteiger partial charge in [0.05, 0.1) is 6.10 Å². The highest BCUT2D eigenvalue weighted by Crippen LogP contribution is 2.30. The van der Waals surface area contributed by atoms with Gasteiger partial charge in [-0.15, -0.1) is 0 Å². The van der Waals surface area contributed by atoms with Crippen molar-refractivity contribution in [3.63, 3.8) is 0 Å². The Kier molecular flexibility index (Phi) is 5.44. The van der Waals surface area contributed by atoms with E-state index in [1.807, 2.05) is 14.1 Å². The van der Waals surface area contributed by atoms with Crippen LogP contribution in [0.15, 0.2) is 18.2 Å². The van der Waals surface area contributed by atoms with E-state index in [1.54, 1.807) is 0 Å². The third kappa shape index (κ3) is 3.74. The number of aliphatic hydroxyl groups excluding tert-OH is 1. The first-order valence-corrected chi connectivity index (χ1v) is 7.82. The van der Waals surface area contributed by atoms with E-state index in [-0.39, 0.29) is 6.10 Å². The van der Waals surface area contributed by atoms with Crippen molar-refractivity contribution >= 4 is 5.69 Å². The zero-order chi connectivity index (χ0) is 14.5. The molecule has 112 valence electrons. The third-order valence-corrected chi connectivity index (χ3v) is 4.05. The van der Waals surface area contributed by atoms with Crippen LogP contribution in [0.1, 0.15) is 43.4 Å². The molecule has 1 aromatic carbocycles. The van der Waals surface area contributed by atoms with Gasteiger partial charge in [0.15, 0.2) is 0 Å². The van der Waals surface area contributed by atoms with Crippen LogP contribution in [-0.4, -0.2) is 43.7 Å². The standard InChI is InChI=1S/C17H28N2O/c1-4-10-19-11-5-6-14-13-15(7-8-16(14)19)17(20)9-12-18(2)3/h7-8,13,17,20H,4-6,9-12H2,1-3H3. The summed E-state index contributed by atoms with van der Waals surface area (Å²) in [6, 6.07) is 6.53. The van der Waals surface area contributed by atoms with Crippen molar-refractivity contribution < 1.29 is 5.11 Å². The van der Waals surface area contributed by atoms with Crippen molar-refractivity contribution in [2.45, 2.75) is 38.7 Å². The summed E-state index contributed by atoms with van der Waals surface area (Å²) in [6.07, 6.45) is 4.01. The van der Waals surface area contributed by atoms with Crippen molar-refractivity contribution in [3.8, 4) is 0 Å². The second kappa shape index (κ2) is 7.09. The fraction of sp³-hybridized carbons (Fsp3) is 0.647. The molecule has 0 spiro atoms. The maximum absolute atomic E-state index is 10.3. The molecule has 0 saturated carbocycles. The maximum Gasteiger partial charge on any atom is 0.0802 e. The summed E-state index contributed by atoms with van der Waals surface area (Å²) >= 11 is 0. The number of hydrogen-bond acceptors (Lipinski definition) is 3.